The molecule has 14 heavy (non-hydrogen) atoms. The third kappa shape index (κ3) is 1.21. The van der Waals surface area contributed by atoms with Crippen molar-refractivity contribution in [2.24, 2.45) is 16.7 Å². The molecule has 0 spiro atoms. The van der Waals surface area contributed by atoms with Gasteiger partial charge in [-0.15, -0.1) is 0 Å². The van der Waals surface area contributed by atoms with Crippen molar-refractivity contribution in [1.29, 1.82) is 0 Å². The van der Waals surface area contributed by atoms with Crippen LogP contribution in [0.25, 0.3) is 0 Å². The molecule has 0 aromatic carbocycles. The van der Waals surface area contributed by atoms with E-state index in [0.717, 1.165) is 0 Å². The summed E-state index contributed by atoms with van der Waals surface area (Å²) in [4.78, 5) is 22.0. The van der Waals surface area contributed by atoms with E-state index in [4.69, 9.17) is 10.2 Å². The van der Waals surface area contributed by atoms with Crippen LogP contribution in [-0.2, 0) is 9.59 Å². The second-order valence-corrected chi connectivity index (χ2v) is 4.79. The SMILES string of the molecule is CC1(C)C(C(=O)O)CC[C@]1(C)C(=O)O. The van der Waals surface area contributed by atoms with Crippen molar-refractivity contribution >= 4 is 11.9 Å². The van der Waals surface area contributed by atoms with Crippen LogP contribution < -0.4 is 0 Å². The molecule has 0 bridgehead atoms. The van der Waals surface area contributed by atoms with E-state index < -0.39 is 28.7 Å². The lowest BCUT2D eigenvalue weighted by atomic mass is 9.66. The lowest BCUT2D eigenvalue weighted by Crippen LogP contribution is -2.42. The number of hydrogen-bond acceptors (Lipinski definition) is 2. The molecule has 1 unspecified atom stereocenters. The summed E-state index contributed by atoms with van der Waals surface area (Å²) >= 11 is 0. The predicted octanol–water partition coefficient (Wildman–Crippen LogP) is 1.60. The first kappa shape index (κ1) is 11.0. The van der Waals surface area contributed by atoms with Crippen LogP contribution in [0.2, 0.25) is 0 Å². The summed E-state index contributed by atoms with van der Waals surface area (Å²) in [6.07, 6.45) is 0.886. The molecule has 0 amide bonds. The first-order valence-corrected chi connectivity index (χ1v) is 4.69. The molecule has 4 nitrogen and oxygen atoms in total. The molecular formula is C10H16O4. The van der Waals surface area contributed by atoms with Gasteiger partial charge in [0.05, 0.1) is 11.3 Å². The first-order chi connectivity index (χ1) is 6.23. The second kappa shape index (κ2) is 2.97. The van der Waals surface area contributed by atoms with Gasteiger partial charge in [-0.2, -0.15) is 0 Å². The summed E-state index contributed by atoms with van der Waals surface area (Å²) in [5.74, 6) is -2.34. The fourth-order valence-corrected chi connectivity index (χ4v) is 2.32. The Bertz CT molecular complexity index is 282. The van der Waals surface area contributed by atoms with Crippen molar-refractivity contribution in [1.82, 2.24) is 0 Å². The van der Waals surface area contributed by atoms with Gasteiger partial charge in [0.15, 0.2) is 0 Å². The third-order valence-corrected chi connectivity index (χ3v) is 4.00. The highest BCUT2D eigenvalue weighted by molar-refractivity contribution is 5.80. The molecule has 2 N–H and O–H groups in total. The standard InChI is InChI=1S/C10H16O4/c1-9(2)6(7(11)12)4-5-10(9,3)8(13)14/h6H,4-5H2,1-3H3,(H,11,12)(H,13,14)/t6?,10-/m1/s1. The summed E-state index contributed by atoms with van der Waals surface area (Å²) in [5, 5.41) is 18.1. The zero-order valence-electron chi connectivity index (χ0n) is 8.70. The van der Waals surface area contributed by atoms with Crippen LogP contribution in [0.5, 0.6) is 0 Å². The van der Waals surface area contributed by atoms with Crippen LogP contribution in [0.1, 0.15) is 33.6 Å². The second-order valence-electron chi connectivity index (χ2n) is 4.79. The van der Waals surface area contributed by atoms with Crippen LogP contribution in [-0.4, -0.2) is 22.2 Å². The van der Waals surface area contributed by atoms with Crippen molar-refractivity contribution in [3.8, 4) is 0 Å². The first-order valence-electron chi connectivity index (χ1n) is 4.69. The van der Waals surface area contributed by atoms with Gasteiger partial charge < -0.3 is 10.2 Å². The van der Waals surface area contributed by atoms with E-state index in [1.54, 1.807) is 20.8 Å². The van der Waals surface area contributed by atoms with Crippen molar-refractivity contribution in [3.05, 3.63) is 0 Å². The molecule has 1 rings (SSSR count). The zero-order valence-corrected chi connectivity index (χ0v) is 8.70. The molecule has 4 heteroatoms. The average Bonchev–Trinajstić information content (AvgIpc) is 2.24. The van der Waals surface area contributed by atoms with Gasteiger partial charge in [0, 0.05) is 0 Å². The summed E-state index contributed by atoms with van der Waals surface area (Å²) in [5.41, 5.74) is -1.61. The fraction of sp³-hybridized carbons (Fsp3) is 0.800. The molecule has 0 aliphatic heterocycles. The highest BCUT2D eigenvalue weighted by Crippen LogP contribution is 2.56. The monoisotopic (exact) mass is 200 g/mol. The van der Waals surface area contributed by atoms with Crippen LogP contribution in [0.15, 0.2) is 0 Å². The van der Waals surface area contributed by atoms with Crippen molar-refractivity contribution in [3.63, 3.8) is 0 Å². The number of aliphatic carboxylic acids is 2. The number of carboxylic acid groups (broad SMARTS) is 2. The van der Waals surface area contributed by atoms with E-state index in [2.05, 4.69) is 0 Å². The van der Waals surface area contributed by atoms with Crippen molar-refractivity contribution < 1.29 is 19.8 Å². The van der Waals surface area contributed by atoms with E-state index in [0.29, 0.717) is 12.8 Å². The Morgan fingerprint density at radius 3 is 1.93 bits per heavy atom. The summed E-state index contributed by atoms with van der Waals surface area (Å²) < 4.78 is 0. The highest BCUT2D eigenvalue weighted by atomic mass is 16.4. The molecule has 0 heterocycles. The van der Waals surface area contributed by atoms with Crippen LogP contribution in [0.3, 0.4) is 0 Å². The molecule has 2 atom stereocenters. The molecule has 1 aliphatic carbocycles. The molecule has 80 valence electrons. The van der Waals surface area contributed by atoms with Gasteiger partial charge in [0.1, 0.15) is 0 Å². The number of carboxylic acids is 2. The van der Waals surface area contributed by atoms with Gasteiger partial charge in [-0.25, -0.2) is 0 Å². The lowest BCUT2D eigenvalue weighted by molar-refractivity contribution is -0.157. The maximum Gasteiger partial charge on any atom is 0.309 e. The molecular weight excluding hydrogens is 184 g/mol. The Morgan fingerprint density at radius 1 is 1.21 bits per heavy atom. The molecule has 0 radical (unpaired) electrons. The van der Waals surface area contributed by atoms with Crippen LogP contribution >= 0.6 is 0 Å². The van der Waals surface area contributed by atoms with E-state index in [9.17, 15) is 9.59 Å². The van der Waals surface area contributed by atoms with E-state index in [1.165, 1.54) is 0 Å². The van der Waals surface area contributed by atoms with Gasteiger partial charge in [-0.05, 0) is 25.2 Å². The topological polar surface area (TPSA) is 74.6 Å². The van der Waals surface area contributed by atoms with Gasteiger partial charge in [-0.1, -0.05) is 13.8 Å². The summed E-state index contributed by atoms with van der Waals surface area (Å²) in [7, 11) is 0. The number of rotatable bonds is 2. The largest absolute Gasteiger partial charge is 0.481 e. The molecule has 1 aliphatic rings. The Labute approximate surface area is 82.9 Å². The highest BCUT2D eigenvalue weighted by Gasteiger charge is 2.58. The minimum absolute atomic E-state index is 0.437. The summed E-state index contributed by atoms with van der Waals surface area (Å²) in [6.45, 7) is 5.10. The zero-order chi connectivity index (χ0) is 11.1. The predicted molar refractivity (Wildman–Crippen MR) is 49.9 cm³/mol. The normalized spacial score (nSPS) is 35.5. The smallest absolute Gasteiger partial charge is 0.309 e. The molecule has 0 aromatic rings. The molecule has 0 saturated heterocycles. The van der Waals surface area contributed by atoms with Gasteiger partial charge in [0.25, 0.3) is 0 Å². The molecule has 1 saturated carbocycles. The lowest BCUT2D eigenvalue weighted by Gasteiger charge is -2.36. The Balaban J connectivity index is 3.08. The maximum absolute atomic E-state index is 11.1. The number of carbonyl (C=O) groups is 2. The third-order valence-electron chi connectivity index (χ3n) is 4.00. The fourth-order valence-electron chi connectivity index (χ4n) is 2.32. The Morgan fingerprint density at radius 2 is 1.71 bits per heavy atom. The average molecular weight is 200 g/mol. The van der Waals surface area contributed by atoms with E-state index >= 15 is 0 Å². The van der Waals surface area contributed by atoms with Gasteiger partial charge in [0.2, 0.25) is 0 Å². The van der Waals surface area contributed by atoms with E-state index in [-0.39, 0.29) is 0 Å². The van der Waals surface area contributed by atoms with Crippen molar-refractivity contribution in [2.45, 2.75) is 33.6 Å². The van der Waals surface area contributed by atoms with Gasteiger partial charge in [-0.3, -0.25) is 9.59 Å². The minimum atomic E-state index is -0.921. The molecule has 0 aromatic heterocycles. The van der Waals surface area contributed by atoms with Gasteiger partial charge >= 0.3 is 11.9 Å². The maximum atomic E-state index is 11.1. The van der Waals surface area contributed by atoms with E-state index in [1.807, 2.05) is 0 Å². The Kier molecular flexibility index (Phi) is 2.34. The molecule has 1 fully saturated rings. The minimum Gasteiger partial charge on any atom is -0.481 e. The quantitative estimate of drug-likeness (QED) is 0.710. The summed E-state index contributed by atoms with van der Waals surface area (Å²) in [6, 6.07) is 0. The van der Waals surface area contributed by atoms with Crippen molar-refractivity contribution in [2.75, 3.05) is 0 Å². The Hall–Kier alpha value is -1.06. The van der Waals surface area contributed by atoms with Crippen LogP contribution in [0, 0.1) is 16.7 Å². The van der Waals surface area contributed by atoms with Crippen LogP contribution in [0.4, 0.5) is 0 Å². The number of hydrogen-bond donors (Lipinski definition) is 2.